The van der Waals surface area contributed by atoms with E-state index in [2.05, 4.69) is 56.1 Å². The smallest absolute Gasteiger partial charge is 0.251 e. The van der Waals surface area contributed by atoms with Crippen LogP contribution in [0.5, 0.6) is 0 Å². The average Bonchev–Trinajstić information content (AvgIpc) is 2.72. The molecular weight excluding hydrogens is 348 g/mol. The zero-order valence-electron chi connectivity index (χ0n) is 16.0. The van der Waals surface area contributed by atoms with Gasteiger partial charge in [-0.3, -0.25) is 4.79 Å². The summed E-state index contributed by atoms with van der Waals surface area (Å²) in [6.07, 6.45) is 2.00. The van der Waals surface area contributed by atoms with Crippen molar-refractivity contribution in [1.29, 1.82) is 0 Å². The van der Waals surface area contributed by atoms with Crippen LogP contribution in [0.15, 0.2) is 65.5 Å². The fourth-order valence-corrected chi connectivity index (χ4v) is 4.91. The van der Waals surface area contributed by atoms with Gasteiger partial charge in [0.1, 0.15) is 0 Å². The zero-order valence-corrected chi connectivity index (χ0v) is 16.0. The van der Waals surface area contributed by atoms with Gasteiger partial charge in [-0.05, 0) is 49.4 Å². The van der Waals surface area contributed by atoms with E-state index in [1.54, 1.807) is 6.07 Å². The standard InChI is InChI=1S/C23H24N4O/c1-16-10-11-22(25-24-16)26-14-18-13-19(15-26)21(12-17-6-3-2-4-7-17)27-20(18)8-5-9-23(27)28/h2-11,18-19,21H,12-15H2,1H3/t18-,19+,21+/m1/s1. The Balaban J connectivity index is 1.54. The molecule has 0 aliphatic carbocycles. The number of nitrogens with zero attached hydrogens (tertiary/aromatic N) is 4. The quantitative estimate of drug-likeness (QED) is 0.707. The van der Waals surface area contributed by atoms with Crippen molar-refractivity contribution < 1.29 is 0 Å². The molecule has 28 heavy (non-hydrogen) atoms. The number of aromatic nitrogens is 3. The Labute approximate surface area is 164 Å². The van der Waals surface area contributed by atoms with Crippen molar-refractivity contribution in [2.45, 2.75) is 31.7 Å². The van der Waals surface area contributed by atoms with Gasteiger partial charge in [-0.1, -0.05) is 36.4 Å². The highest BCUT2D eigenvalue weighted by Gasteiger charge is 2.40. The number of hydrogen-bond acceptors (Lipinski definition) is 4. The van der Waals surface area contributed by atoms with Gasteiger partial charge in [0.2, 0.25) is 0 Å². The second-order valence-electron chi connectivity index (χ2n) is 8.05. The molecule has 5 heteroatoms. The number of hydrogen-bond donors (Lipinski definition) is 0. The highest BCUT2D eigenvalue weighted by molar-refractivity contribution is 5.40. The van der Waals surface area contributed by atoms with Gasteiger partial charge in [-0.15, -0.1) is 5.10 Å². The molecule has 0 spiro atoms. The molecule has 2 bridgehead atoms. The van der Waals surface area contributed by atoms with Gasteiger partial charge in [-0.2, -0.15) is 5.10 Å². The third kappa shape index (κ3) is 3.01. The van der Waals surface area contributed by atoms with Crippen molar-refractivity contribution >= 4 is 5.82 Å². The molecule has 0 N–H and O–H groups in total. The molecule has 5 nitrogen and oxygen atoms in total. The monoisotopic (exact) mass is 372 g/mol. The molecular formula is C23H24N4O. The van der Waals surface area contributed by atoms with Crippen LogP contribution in [0, 0.1) is 12.8 Å². The summed E-state index contributed by atoms with van der Waals surface area (Å²) in [4.78, 5) is 15.2. The molecule has 0 radical (unpaired) electrons. The van der Waals surface area contributed by atoms with Gasteiger partial charge >= 0.3 is 0 Å². The van der Waals surface area contributed by atoms with Gasteiger partial charge in [-0.25, -0.2) is 0 Å². The van der Waals surface area contributed by atoms with Gasteiger partial charge in [0.15, 0.2) is 5.82 Å². The number of pyridine rings is 1. The Morgan fingerprint density at radius 1 is 0.964 bits per heavy atom. The number of fused-ring (bicyclic) bond motifs is 4. The highest BCUT2D eigenvalue weighted by atomic mass is 16.1. The molecule has 3 aromatic rings. The first kappa shape index (κ1) is 17.2. The van der Waals surface area contributed by atoms with Crippen molar-refractivity contribution in [3.8, 4) is 0 Å². The minimum Gasteiger partial charge on any atom is -0.354 e. The zero-order chi connectivity index (χ0) is 19.1. The lowest BCUT2D eigenvalue weighted by Gasteiger charge is -2.47. The molecule has 2 aromatic heterocycles. The number of anilines is 1. The summed E-state index contributed by atoms with van der Waals surface area (Å²) in [5.74, 6) is 1.70. The lowest BCUT2D eigenvalue weighted by atomic mass is 9.76. The fourth-order valence-electron chi connectivity index (χ4n) is 4.91. The average molecular weight is 372 g/mol. The molecule has 0 unspecified atom stereocenters. The summed E-state index contributed by atoms with van der Waals surface area (Å²) in [7, 11) is 0. The topological polar surface area (TPSA) is 51.0 Å². The van der Waals surface area contributed by atoms with Crippen LogP contribution in [0.25, 0.3) is 0 Å². The molecule has 142 valence electrons. The molecule has 1 saturated heterocycles. The van der Waals surface area contributed by atoms with Crippen LogP contribution in [0.4, 0.5) is 5.82 Å². The van der Waals surface area contributed by atoms with Crippen molar-refractivity contribution in [1.82, 2.24) is 14.8 Å². The second-order valence-corrected chi connectivity index (χ2v) is 8.05. The van der Waals surface area contributed by atoms with E-state index in [1.807, 2.05) is 25.1 Å². The predicted molar refractivity (Wildman–Crippen MR) is 110 cm³/mol. The highest BCUT2D eigenvalue weighted by Crippen LogP contribution is 2.43. The van der Waals surface area contributed by atoms with Crippen molar-refractivity contribution in [2.75, 3.05) is 18.0 Å². The van der Waals surface area contributed by atoms with Crippen LogP contribution in [0.2, 0.25) is 0 Å². The van der Waals surface area contributed by atoms with E-state index in [9.17, 15) is 4.79 Å². The van der Waals surface area contributed by atoms with E-state index in [0.717, 1.165) is 43.1 Å². The molecule has 5 rings (SSSR count). The molecule has 1 fully saturated rings. The van der Waals surface area contributed by atoms with Crippen molar-refractivity contribution in [2.24, 2.45) is 5.92 Å². The Kier molecular flexibility index (Phi) is 4.23. The predicted octanol–water partition coefficient (Wildman–Crippen LogP) is 3.35. The maximum Gasteiger partial charge on any atom is 0.251 e. The van der Waals surface area contributed by atoms with Crippen LogP contribution in [-0.2, 0) is 6.42 Å². The van der Waals surface area contributed by atoms with Gasteiger partial charge in [0.25, 0.3) is 5.56 Å². The van der Waals surface area contributed by atoms with Crippen LogP contribution in [-0.4, -0.2) is 27.9 Å². The summed E-state index contributed by atoms with van der Waals surface area (Å²) < 4.78 is 2.07. The van der Waals surface area contributed by atoms with Gasteiger partial charge in [0, 0.05) is 36.8 Å². The Bertz CT molecular complexity index is 1030. The van der Waals surface area contributed by atoms with Crippen LogP contribution in [0.1, 0.15) is 35.3 Å². The maximum atomic E-state index is 12.8. The minimum atomic E-state index is 0.122. The molecule has 1 aromatic carbocycles. The Morgan fingerprint density at radius 3 is 2.61 bits per heavy atom. The molecule has 0 amide bonds. The minimum absolute atomic E-state index is 0.122. The summed E-state index contributed by atoms with van der Waals surface area (Å²) in [5, 5.41) is 8.67. The van der Waals surface area contributed by atoms with Crippen LogP contribution >= 0.6 is 0 Å². The number of rotatable bonds is 3. The number of aryl methyl sites for hydroxylation is 1. The summed E-state index contributed by atoms with van der Waals surface area (Å²) in [5.41, 5.74) is 3.49. The maximum absolute atomic E-state index is 12.8. The molecule has 4 heterocycles. The largest absolute Gasteiger partial charge is 0.354 e. The van der Waals surface area contributed by atoms with Gasteiger partial charge < -0.3 is 9.47 Å². The van der Waals surface area contributed by atoms with Crippen molar-refractivity contribution in [3.63, 3.8) is 0 Å². The third-order valence-electron chi connectivity index (χ3n) is 6.19. The van der Waals surface area contributed by atoms with E-state index in [1.165, 1.54) is 5.56 Å². The van der Waals surface area contributed by atoms with E-state index in [-0.39, 0.29) is 11.6 Å². The Morgan fingerprint density at radius 2 is 1.82 bits per heavy atom. The Hall–Kier alpha value is -2.95. The summed E-state index contributed by atoms with van der Waals surface area (Å²) in [6.45, 7) is 3.75. The summed E-state index contributed by atoms with van der Waals surface area (Å²) in [6, 6.07) is 20.5. The molecule has 2 aliphatic rings. The van der Waals surface area contributed by atoms with E-state index in [4.69, 9.17) is 0 Å². The van der Waals surface area contributed by atoms with Crippen LogP contribution in [0.3, 0.4) is 0 Å². The molecule has 3 atom stereocenters. The fraction of sp³-hybridized carbons (Fsp3) is 0.348. The van der Waals surface area contributed by atoms with Gasteiger partial charge in [0.05, 0.1) is 5.69 Å². The van der Waals surface area contributed by atoms with E-state index in [0.29, 0.717) is 11.8 Å². The third-order valence-corrected chi connectivity index (χ3v) is 6.19. The first-order valence-corrected chi connectivity index (χ1v) is 10.00. The first-order valence-electron chi connectivity index (χ1n) is 10.00. The second kappa shape index (κ2) is 6.89. The SMILES string of the molecule is Cc1ccc(N2C[C@H]3C[C@@H](C2)[C@H](Cc2ccccc2)n2c3cccc2=O)nn1. The van der Waals surface area contributed by atoms with Crippen molar-refractivity contribution in [3.05, 3.63) is 88.0 Å². The summed E-state index contributed by atoms with van der Waals surface area (Å²) >= 11 is 0. The molecule has 0 saturated carbocycles. The lowest BCUT2D eigenvalue weighted by molar-refractivity contribution is 0.211. The first-order chi connectivity index (χ1) is 13.7. The number of benzene rings is 1. The lowest BCUT2D eigenvalue weighted by Crippen LogP contribution is -2.50. The normalized spacial score (nSPS) is 23.3. The van der Waals surface area contributed by atoms with E-state index >= 15 is 0 Å². The van der Waals surface area contributed by atoms with Crippen LogP contribution < -0.4 is 10.5 Å². The molecule has 2 aliphatic heterocycles. The van der Waals surface area contributed by atoms with E-state index < -0.39 is 0 Å². The number of piperidine rings is 1.